The molecule has 10 heteroatoms. The van der Waals surface area contributed by atoms with Gasteiger partial charge in [-0.2, -0.15) is 0 Å². The van der Waals surface area contributed by atoms with Gasteiger partial charge in [0.15, 0.2) is 5.70 Å². The zero-order valence-electron chi connectivity index (χ0n) is 12.4. The van der Waals surface area contributed by atoms with Crippen LogP contribution in [0, 0.1) is 10.1 Å². The summed E-state index contributed by atoms with van der Waals surface area (Å²) in [6.45, 7) is -4.14. The molecule has 2 aliphatic rings. The summed E-state index contributed by atoms with van der Waals surface area (Å²) >= 11 is 6.33. The van der Waals surface area contributed by atoms with E-state index in [0.29, 0.717) is 5.57 Å². The standard InChI is InChI=1S/C15H8BBr2F2N3O2/c17-13-7-5-11-15(9-3-1-2-4-10(9)23(24)25)12-6-8-14(18)22(12)16(19,20)21(11)13/h1-8H. The van der Waals surface area contributed by atoms with Crippen molar-refractivity contribution in [3.05, 3.63) is 80.2 Å². The summed E-state index contributed by atoms with van der Waals surface area (Å²) in [5, 5.41) is 11.4. The lowest BCUT2D eigenvalue weighted by Crippen LogP contribution is -2.50. The highest BCUT2D eigenvalue weighted by molar-refractivity contribution is 9.18. The Morgan fingerprint density at radius 1 is 1.12 bits per heavy atom. The third-order valence-electron chi connectivity index (χ3n) is 4.24. The maximum absolute atomic E-state index is 15.1. The molecule has 0 spiro atoms. The quantitative estimate of drug-likeness (QED) is 0.368. The van der Waals surface area contributed by atoms with Crippen LogP contribution in [-0.4, -0.2) is 25.5 Å². The molecule has 0 atom stereocenters. The third-order valence-corrected chi connectivity index (χ3v) is 5.53. The zero-order chi connectivity index (χ0) is 17.9. The van der Waals surface area contributed by atoms with Crippen molar-refractivity contribution in [1.82, 2.24) is 4.48 Å². The van der Waals surface area contributed by atoms with Crippen molar-refractivity contribution in [2.75, 3.05) is 0 Å². The average molecular weight is 471 g/mol. The molecule has 1 aromatic heterocycles. The molecule has 0 aliphatic carbocycles. The van der Waals surface area contributed by atoms with Crippen molar-refractivity contribution < 1.29 is 18.0 Å². The number of para-hydroxylation sites is 1. The van der Waals surface area contributed by atoms with Crippen LogP contribution < -0.4 is 0 Å². The Morgan fingerprint density at radius 2 is 1.84 bits per heavy atom. The number of hydrogen-bond acceptors (Lipinski definition) is 2. The number of allylic oxidation sites excluding steroid dienone is 2. The number of aromatic nitrogens is 1. The molecule has 0 unspecified atom stereocenters. The molecule has 4 rings (SSSR count). The fraction of sp³-hybridized carbons (Fsp3) is 0. The minimum absolute atomic E-state index is 0.136. The van der Waals surface area contributed by atoms with Crippen molar-refractivity contribution >= 4 is 54.7 Å². The maximum Gasteiger partial charge on any atom is 0.738 e. The molecule has 2 aromatic rings. The van der Waals surface area contributed by atoms with E-state index in [2.05, 4.69) is 31.9 Å². The molecule has 1 aromatic carbocycles. The summed E-state index contributed by atoms with van der Waals surface area (Å²) in [7, 11) is 0. The van der Waals surface area contributed by atoms with Crippen LogP contribution in [0.5, 0.6) is 0 Å². The average Bonchev–Trinajstić information content (AvgIpc) is 3.13. The largest absolute Gasteiger partial charge is 0.738 e. The van der Waals surface area contributed by atoms with Crippen LogP contribution in [-0.2, 0) is 0 Å². The second-order valence-corrected chi connectivity index (χ2v) is 7.19. The van der Waals surface area contributed by atoms with Crippen molar-refractivity contribution in [3.63, 3.8) is 0 Å². The molecule has 0 fully saturated rings. The smallest absolute Gasteiger partial charge is 0.389 e. The summed E-state index contributed by atoms with van der Waals surface area (Å²) in [4.78, 5) is 10.9. The number of fused-ring (bicyclic) bond motifs is 2. The van der Waals surface area contributed by atoms with Gasteiger partial charge in [-0.3, -0.25) is 10.1 Å². The molecule has 0 saturated carbocycles. The van der Waals surface area contributed by atoms with Gasteiger partial charge in [0, 0.05) is 39.8 Å². The van der Waals surface area contributed by atoms with Crippen LogP contribution >= 0.6 is 31.9 Å². The van der Waals surface area contributed by atoms with Gasteiger partial charge in [-0.25, -0.2) is 0 Å². The van der Waals surface area contributed by atoms with E-state index in [1.165, 1.54) is 30.4 Å². The Balaban J connectivity index is 2.14. The van der Waals surface area contributed by atoms with Crippen LogP contribution in [0.3, 0.4) is 0 Å². The number of nitro benzene ring substituents is 1. The number of halogens is 4. The van der Waals surface area contributed by atoms with Gasteiger partial charge in [0.2, 0.25) is 4.62 Å². The molecule has 0 amide bonds. The van der Waals surface area contributed by atoms with E-state index in [-0.39, 0.29) is 31.9 Å². The second kappa shape index (κ2) is 5.47. The van der Waals surface area contributed by atoms with Crippen molar-refractivity contribution in [1.29, 1.82) is 0 Å². The topological polar surface area (TPSA) is 51.1 Å². The number of nitro groups is 1. The van der Waals surface area contributed by atoms with E-state index in [1.54, 1.807) is 18.2 Å². The predicted molar refractivity (Wildman–Crippen MR) is 98.0 cm³/mol. The lowest BCUT2D eigenvalue weighted by Gasteiger charge is -2.31. The third kappa shape index (κ3) is 2.20. The maximum atomic E-state index is 15.1. The number of benzene rings is 1. The zero-order valence-corrected chi connectivity index (χ0v) is 15.5. The molecule has 126 valence electrons. The highest BCUT2D eigenvalue weighted by Gasteiger charge is 2.54. The normalized spacial score (nSPS) is 17.8. The highest BCUT2D eigenvalue weighted by Crippen LogP contribution is 2.43. The van der Waals surface area contributed by atoms with E-state index in [4.69, 9.17) is 0 Å². The van der Waals surface area contributed by atoms with E-state index < -0.39 is 11.9 Å². The monoisotopic (exact) mass is 469 g/mol. The lowest BCUT2D eigenvalue weighted by molar-refractivity contribution is -0.385. The summed E-state index contributed by atoms with van der Waals surface area (Å²) in [5.41, 5.74) is 0.991. The minimum Gasteiger partial charge on any atom is -0.389 e. The Bertz CT molecular complexity index is 1040. The predicted octanol–water partition coefficient (Wildman–Crippen LogP) is 4.53. The Morgan fingerprint density at radius 3 is 2.56 bits per heavy atom. The molecule has 0 saturated heterocycles. The van der Waals surface area contributed by atoms with Crippen LogP contribution in [0.15, 0.2) is 58.9 Å². The minimum atomic E-state index is -4.14. The molecule has 25 heavy (non-hydrogen) atoms. The van der Waals surface area contributed by atoms with Gasteiger partial charge in [0.1, 0.15) is 0 Å². The molecular weight excluding hydrogens is 463 g/mol. The molecule has 0 radical (unpaired) electrons. The molecule has 2 aliphatic heterocycles. The van der Waals surface area contributed by atoms with Gasteiger partial charge < -0.3 is 17.6 Å². The number of hydrogen-bond donors (Lipinski definition) is 0. The van der Waals surface area contributed by atoms with Gasteiger partial charge in [0.05, 0.1) is 20.7 Å². The summed E-state index contributed by atoms with van der Waals surface area (Å²) in [6.07, 6.45) is 3.05. The van der Waals surface area contributed by atoms with Gasteiger partial charge in [-0.05, 0) is 34.1 Å². The first-order chi connectivity index (χ1) is 11.8. The van der Waals surface area contributed by atoms with E-state index in [1.807, 2.05) is 0 Å². The van der Waals surface area contributed by atoms with Crippen LogP contribution in [0.2, 0.25) is 0 Å². The summed E-state index contributed by atoms with van der Waals surface area (Å²) in [5.74, 6) is 0. The summed E-state index contributed by atoms with van der Waals surface area (Å²) in [6, 6.07) is 9.19. The van der Waals surface area contributed by atoms with Crippen LogP contribution in [0.1, 0.15) is 11.3 Å². The Hall–Kier alpha value is -2.07. The van der Waals surface area contributed by atoms with E-state index in [9.17, 15) is 10.1 Å². The van der Waals surface area contributed by atoms with Crippen LogP contribution in [0.25, 0.3) is 5.57 Å². The first-order valence-electron chi connectivity index (χ1n) is 7.21. The Labute approximate surface area is 157 Å². The van der Waals surface area contributed by atoms with Gasteiger partial charge in [0.25, 0.3) is 5.69 Å². The van der Waals surface area contributed by atoms with E-state index >= 15 is 8.63 Å². The molecular formula is C15H8BBr2F2N3O2. The fourth-order valence-corrected chi connectivity index (χ4v) is 4.39. The summed E-state index contributed by atoms with van der Waals surface area (Å²) < 4.78 is 32.4. The molecule has 5 nitrogen and oxygen atoms in total. The van der Waals surface area contributed by atoms with Crippen molar-refractivity contribution in [2.24, 2.45) is 0 Å². The molecule has 0 bridgehead atoms. The van der Waals surface area contributed by atoms with Gasteiger partial charge in [-0.15, -0.1) is 0 Å². The second-order valence-electron chi connectivity index (χ2n) is 5.56. The molecule has 3 heterocycles. The van der Waals surface area contributed by atoms with Gasteiger partial charge >= 0.3 is 6.97 Å². The SMILES string of the molecule is O=[N+]([O-])c1ccccc1C1=C2C=CC(Br)=[N+]2[B-](F)(F)n2c(Br)ccc21. The van der Waals surface area contributed by atoms with E-state index in [0.717, 1.165) is 8.96 Å². The van der Waals surface area contributed by atoms with Crippen molar-refractivity contribution in [3.8, 4) is 0 Å². The van der Waals surface area contributed by atoms with Crippen LogP contribution in [0.4, 0.5) is 14.3 Å². The van der Waals surface area contributed by atoms with Gasteiger partial charge in [-0.1, -0.05) is 12.1 Å². The Kier molecular flexibility index (Phi) is 3.59. The highest BCUT2D eigenvalue weighted by atomic mass is 79.9. The molecule has 0 N–H and O–H groups in total. The van der Waals surface area contributed by atoms with Crippen molar-refractivity contribution in [2.45, 2.75) is 0 Å². The number of rotatable bonds is 2. The number of nitrogens with zero attached hydrogens (tertiary/aromatic N) is 3. The lowest BCUT2D eigenvalue weighted by atomic mass is 9.86. The first-order valence-corrected chi connectivity index (χ1v) is 8.80. The first kappa shape index (κ1) is 16.4. The fourth-order valence-electron chi connectivity index (χ4n) is 3.25.